The molecule has 0 bridgehead atoms. The van der Waals surface area contributed by atoms with Crippen LogP contribution in [-0.2, 0) is 22.9 Å². The van der Waals surface area contributed by atoms with Crippen molar-refractivity contribution in [2.45, 2.75) is 23.8 Å². The molecule has 26 heavy (non-hydrogen) atoms. The molecular weight excluding hydrogens is 378 g/mol. The van der Waals surface area contributed by atoms with Crippen molar-refractivity contribution in [3.63, 3.8) is 0 Å². The first-order chi connectivity index (χ1) is 12.0. The lowest BCUT2D eigenvalue weighted by Crippen LogP contribution is -2.44. The molecular formula is C16H24ClN5O3S. The lowest BCUT2D eigenvalue weighted by Gasteiger charge is -2.30. The highest BCUT2D eigenvalue weighted by molar-refractivity contribution is 7.89. The number of hydrogen-bond acceptors (Lipinski definition) is 7. The number of rotatable bonds is 6. The number of sulfonamides is 1. The Kier molecular flexibility index (Phi) is 7.13. The summed E-state index contributed by atoms with van der Waals surface area (Å²) in [6.45, 7) is 2.74. The SMILES string of the molecule is CNS(=O)(=O)c1ccc(CCc2nc(C3CNCCN3C)no2)cc1.Cl. The molecule has 1 aromatic carbocycles. The minimum absolute atomic E-state index is 0. The van der Waals surface area contributed by atoms with Crippen LogP contribution >= 0.6 is 12.4 Å². The number of aryl methyl sites for hydroxylation is 2. The Hall–Kier alpha value is -1.52. The van der Waals surface area contributed by atoms with Gasteiger partial charge in [-0.15, -0.1) is 12.4 Å². The third-order valence-corrected chi connectivity index (χ3v) is 5.85. The fraction of sp³-hybridized carbons (Fsp3) is 0.500. The molecule has 2 N–H and O–H groups in total. The van der Waals surface area contributed by atoms with Gasteiger partial charge in [-0.1, -0.05) is 17.3 Å². The van der Waals surface area contributed by atoms with Crippen molar-refractivity contribution in [2.24, 2.45) is 0 Å². The van der Waals surface area contributed by atoms with Crippen molar-refractivity contribution < 1.29 is 12.9 Å². The number of benzene rings is 1. The van der Waals surface area contributed by atoms with Gasteiger partial charge in [0.1, 0.15) is 0 Å². The zero-order valence-corrected chi connectivity index (χ0v) is 16.4. The van der Waals surface area contributed by atoms with Gasteiger partial charge in [0.15, 0.2) is 5.82 Å². The van der Waals surface area contributed by atoms with Crippen molar-refractivity contribution in [3.8, 4) is 0 Å². The fourth-order valence-corrected chi connectivity index (χ4v) is 3.53. The van der Waals surface area contributed by atoms with E-state index in [1.165, 1.54) is 7.05 Å². The molecule has 1 fully saturated rings. The first kappa shape index (κ1) is 20.8. The van der Waals surface area contributed by atoms with Crippen LogP contribution < -0.4 is 10.0 Å². The van der Waals surface area contributed by atoms with Crippen molar-refractivity contribution in [1.29, 1.82) is 0 Å². The Bertz CT molecular complexity index is 810. The van der Waals surface area contributed by atoms with Crippen LogP contribution in [-0.4, -0.2) is 57.2 Å². The molecule has 0 spiro atoms. The Balaban J connectivity index is 0.00000243. The number of nitrogens with zero attached hydrogens (tertiary/aromatic N) is 3. The van der Waals surface area contributed by atoms with Crippen LogP contribution in [0.5, 0.6) is 0 Å². The van der Waals surface area contributed by atoms with Gasteiger partial charge in [-0.2, -0.15) is 4.98 Å². The second-order valence-electron chi connectivity index (χ2n) is 6.10. The topological polar surface area (TPSA) is 100 Å². The summed E-state index contributed by atoms with van der Waals surface area (Å²) in [5, 5.41) is 7.44. The van der Waals surface area contributed by atoms with Crippen molar-refractivity contribution in [2.75, 3.05) is 33.7 Å². The van der Waals surface area contributed by atoms with E-state index in [-0.39, 0.29) is 23.3 Å². The molecule has 1 aromatic heterocycles. The lowest BCUT2D eigenvalue weighted by molar-refractivity contribution is 0.190. The number of piperazine rings is 1. The van der Waals surface area contributed by atoms with Gasteiger partial charge >= 0.3 is 0 Å². The van der Waals surface area contributed by atoms with Gasteiger partial charge in [-0.3, -0.25) is 4.90 Å². The van der Waals surface area contributed by atoms with Gasteiger partial charge in [-0.05, 0) is 38.2 Å². The van der Waals surface area contributed by atoms with Crippen molar-refractivity contribution in [1.82, 2.24) is 25.1 Å². The maximum atomic E-state index is 11.7. The van der Waals surface area contributed by atoms with Crippen LogP contribution in [0.3, 0.4) is 0 Å². The van der Waals surface area contributed by atoms with Gasteiger partial charge in [0.2, 0.25) is 15.9 Å². The maximum absolute atomic E-state index is 11.7. The molecule has 1 aliphatic rings. The maximum Gasteiger partial charge on any atom is 0.240 e. The molecule has 0 saturated carbocycles. The van der Waals surface area contributed by atoms with E-state index >= 15 is 0 Å². The zero-order valence-electron chi connectivity index (χ0n) is 14.8. The standard InChI is InChI=1S/C16H23N5O3S.ClH/c1-17-25(22,23)13-6-3-12(4-7-13)5-8-15-19-16(20-24-15)14-11-18-9-10-21(14)2;/h3-4,6-7,14,17-18H,5,8-11H2,1-2H3;1H. The Morgan fingerprint density at radius 1 is 1.31 bits per heavy atom. The molecule has 1 atom stereocenters. The molecule has 0 aliphatic carbocycles. The molecule has 1 aliphatic heterocycles. The second-order valence-corrected chi connectivity index (χ2v) is 7.98. The molecule has 8 nitrogen and oxygen atoms in total. The van der Waals surface area contributed by atoms with Crippen LogP contribution in [0, 0.1) is 0 Å². The number of nitrogens with one attached hydrogen (secondary N) is 2. The van der Waals surface area contributed by atoms with E-state index in [0.717, 1.165) is 25.2 Å². The minimum Gasteiger partial charge on any atom is -0.339 e. The highest BCUT2D eigenvalue weighted by Gasteiger charge is 2.25. The Morgan fingerprint density at radius 3 is 2.69 bits per heavy atom. The van der Waals surface area contributed by atoms with Gasteiger partial charge in [0.05, 0.1) is 10.9 Å². The highest BCUT2D eigenvalue weighted by Crippen LogP contribution is 2.18. The molecule has 3 rings (SSSR count). The molecule has 2 heterocycles. The first-order valence-corrected chi connectivity index (χ1v) is 9.74. The third kappa shape index (κ3) is 4.80. The van der Waals surface area contributed by atoms with E-state index < -0.39 is 10.0 Å². The van der Waals surface area contributed by atoms with E-state index in [4.69, 9.17) is 4.52 Å². The normalized spacial score (nSPS) is 18.5. The van der Waals surface area contributed by atoms with E-state index in [9.17, 15) is 8.42 Å². The smallest absolute Gasteiger partial charge is 0.240 e. The Labute approximate surface area is 159 Å². The monoisotopic (exact) mass is 401 g/mol. The lowest BCUT2D eigenvalue weighted by atomic mass is 10.1. The van der Waals surface area contributed by atoms with Crippen molar-refractivity contribution in [3.05, 3.63) is 41.5 Å². The molecule has 10 heteroatoms. The third-order valence-electron chi connectivity index (χ3n) is 4.42. The highest BCUT2D eigenvalue weighted by atomic mass is 35.5. The average Bonchev–Trinajstić information content (AvgIpc) is 3.09. The molecule has 1 saturated heterocycles. The molecule has 1 unspecified atom stereocenters. The second kappa shape index (κ2) is 8.92. The van der Waals surface area contributed by atoms with Crippen LogP contribution in [0.15, 0.2) is 33.7 Å². The number of aromatic nitrogens is 2. The van der Waals surface area contributed by atoms with Crippen LogP contribution in [0.25, 0.3) is 0 Å². The average molecular weight is 402 g/mol. The molecule has 0 radical (unpaired) electrons. The summed E-state index contributed by atoms with van der Waals surface area (Å²) in [6, 6.07) is 6.95. The van der Waals surface area contributed by atoms with Gasteiger partial charge in [0.25, 0.3) is 0 Å². The van der Waals surface area contributed by atoms with E-state index in [0.29, 0.717) is 24.6 Å². The molecule has 2 aromatic rings. The van der Waals surface area contributed by atoms with Crippen LogP contribution in [0.1, 0.15) is 23.3 Å². The van der Waals surface area contributed by atoms with E-state index in [2.05, 4.69) is 32.1 Å². The number of likely N-dealkylation sites (N-methyl/N-ethyl adjacent to an activating group) is 1. The predicted octanol–water partition coefficient (Wildman–Crippen LogP) is 0.761. The van der Waals surface area contributed by atoms with Gasteiger partial charge in [-0.25, -0.2) is 13.1 Å². The first-order valence-electron chi connectivity index (χ1n) is 8.25. The van der Waals surface area contributed by atoms with Gasteiger partial charge in [0, 0.05) is 26.1 Å². The van der Waals surface area contributed by atoms with Gasteiger partial charge < -0.3 is 9.84 Å². The van der Waals surface area contributed by atoms with E-state index in [1.54, 1.807) is 24.3 Å². The fourth-order valence-electron chi connectivity index (χ4n) is 2.80. The predicted molar refractivity (Wildman–Crippen MR) is 99.9 cm³/mol. The quantitative estimate of drug-likeness (QED) is 0.736. The largest absolute Gasteiger partial charge is 0.339 e. The number of hydrogen-bond donors (Lipinski definition) is 2. The molecule has 144 valence electrons. The van der Waals surface area contributed by atoms with E-state index in [1.807, 2.05) is 0 Å². The van der Waals surface area contributed by atoms with Crippen molar-refractivity contribution >= 4 is 22.4 Å². The summed E-state index contributed by atoms with van der Waals surface area (Å²) in [4.78, 5) is 6.97. The van der Waals surface area contributed by atoms with Crippen LogP contribution in [0.2, 0.25) is 0 Å². The summed E-state index contributed by atoms with van der Waals surface area (Å²) in [6.07, 6.45) is 1.33. The summed E-state index contributed by atoms with van der Waals surface area (Å²) in [5.41, 5.74) is 1.02. The Morgan fingerprint density at radius 2 is 2.04 bits per heavy atom. The van der Waals surface area contributed by atoms with Crippen LogP contribution in [0.4, 0.5) is 0 Å². The summed E-state index contributed by atoms with van der Waals surface area (Å²) in [5.74, 6) is 1.31. The minimum atomic E-state index is -3.40. The summed E-state index contributed by atoms with van der Waals surface area (Å²) < 4.78 is 31.1. The number of halogens is 1. The molecule has 0 amide bonds. The zero-order chi connectivity index (χ0) is 17.9. The summed E-state index contributed by atoms with van der Waals surface area (Å²) >= 11 is 0. The summed E-state index contributed by atoms with van der Waals surface area (Å²) in [7, 11) is 0.0585.